The minimum atomic E-state index is -0.323. The molecule has 0 bridgehead atoms. The Morgan fingerprint density at radius 3 is 3.25 bits per heavy atom. The van der Waals surface area contributed by atoms with E-state index in [2.05, 4.69) is 4.98 Å². The highest BCUT2D eigenvalue weighted by Crippen LogP contribution is 2.19. The Morgan fingerprint density at radius 2 is 2.50 bits per heavy atom. The van der Waals surface area contributed by atoms with Gasteiger partial charge in [-0.1, -0.05) is 0 Å². The van der Waals surface area contributed by atoms with Crippen LogP contribution in [0.2, 0.25) is 0 Å². The van der Waals surface area contributed by atoms with Gasteiger partial charge in [0.15, 0.2) is 0 Å². The molecule has 0 aromatic carbocycles. The average molecular weight is 274 g/mol. The summed E-state index contributed by atoms with van der Waals surface area (Å²) in [5, 5.41) is 0. The lowest BCUT2D eigenvalue weighted by atomic mass is 9.98. The minimum Gasteiger partial charge on any atom is -0.465 e. The first-order valence-corrected chi connectivity index (χ1v) is 6.90. The van der Waals surface area contributed by atoms with E-state index in [0.29, 0.717) is 11.5 Å². The zero-order valence-electron chi connectivity index (χ0n) is 11.5. The Morgan fingerprint density at radius 1 is 1.60 bits per heavy atom. The summed E-state index contributed by atoms with van der Waals surface area (Å²) in [6.45, 7) is 1.69. The van der Waals surface area contributed by atoms with E-state index >= 15 is 0 Å². The van der Waals surface area contributed by atoms with Gasteiger partial charge in [0.1, 0.15) is 5.82 Å². The number of ether oxygens (including phenoxy) is 2. The van der Waals surface area contributed by atoms with Gasteiger partial charge in [-0.2, -0.15) is 0 Å². The Kier molecular flexibility index (Phi) is 3.69. The number of imidazole rings is 1. The van der Waals surface area contributed by atoms with Gasteiger partial charge in [-0.15, -0.1) is 0 Å². The summed E-state index contributed by atoms with van der Waals surface area (Å²) >= 11 is 0. The first kappa shape index (κ1) is 13.1. The fourth-order valence-electron chi connectivity index (χ4n) is 2.68. The second-order valence-electron chi connectivity index (χ2n) is 5.16. The van der Waals surface area contributed by atoms with Crippen molar-refractivity contribution in [2.45, 2.75) is 19.3 Å². The quantitative estimate of drug-likeness (QED) is 0.804. The SMILES string of the molecule is COC(=O)c1ccn2c(CC3CCCOC3)ncc2c1. The molecule has 5 nitrogen and oxygen atoms in total. The van der Waals surface area contributed by atoms with Crippen LogP contribution in [-0.4, -0.2) is 35.7 Å². The number of hydrogen-bond donors (Lipinski definition) is 0. The summed E-state index contributed by atoms with van der Waals surface area (Å²) in [6.07, 6.45) is 6.90. The summed E-state index contributed by atoms with van der Waals surface area (Å²) in [6, 6.07) is 3.57. The normalized spacial score (nSPS) is 19.1. The van der Waals surface area contributed by atoms with Gasteiger partial charge in [0.05, 0.1) is 24.4 Å². The molecule has 0 aliphatic carbocycles. The molecule has 20 heavy (non-hydrogen) atoms. The van der Waals surface area contributed by atoms with Crippen molar-refractivity contribution in [3.05, 3.63) is 35.9 Å². The highest BCUT2D eigenvalue weighted by Gasteiger charge is 2.17. The van der Waals surface area contributed by atoms with Crippen molar-refractivity contribution in [2.24, 2.45) is 5.92 Å². The van der Waals surface area contributed by atoms with E-state index in [4.69, 9.17) is 9.47 Å². The Bertz CT molecular complexity index is 615. The third-order valence-corrected chi connectivity index (χ3v) is 3.76. The lowest BCUT2D eigenvalue weighted by Gasteiger charge is -2.21. The van der Waals surface area contributed by atoms with E-state index in [1.54, 1.807) is 18.3 Å². The maximum absolute atomic E-state index is 11.5. The summed E-state index contributed by atoms with van der Waals surface area (Å²) < 4.78 is 12.3. The van der Waals surface area contributed by atoms with E-state index in [0.717, 1.165) is 37.4 Å². The monoisotopic (exact) mass is 274 g/mol. The molecule has 1 aliphatic rings. The molecule has 0 N–H and O–H groups in total. The number of methoxy groups -OCH3 is 1. The molecule has 3 rings (SSSR count). The highest BCUT2D eigenvalue weighted by atomic mass is 16.5. The molecule has 106 valence electrons. The van der Waals surface area contributed by atoms with Gasteiger partial charge in [-0.25, -0.2) is 9.78 Å². The highest BCUT2D eigenvalue weighted by molar-refractivity contribution is 5.90. The zero-order valence-corrected chi connectivity index (χ0v) is 11.5. The zero-order chi connectivity index (χ0) is 13.9. The number of nitrogens with zero attached hydrogens (tertiary/aromatic N) is 2. The Hall–Kier alpha value is -1.88. The van der Waals surface area contributed by atoms with Crippen molar-refractivity contribution in [3.63, 3.8) is 0 Å². The van der Waals surface area contributed by atoms with Crippen LogP contribution >= 0.6 is 0 Å². The molecule has 1 aliphatic heterocycles. The molecule has 5 heteroatoms. The van der Waals surface area contributed by atoms with Crippen LogP contribution in [0.4, 0.5) is 0 Å². The first-order chi connectivity index (χ1) is 9.78. The molecule has 0 amide bonds. The van der Waals surface area contributed by atoms with Crippen LogP contribution in [-0.2, 0) is 15.9 Å². The molecule has 0 spiro atoms. The van der Waals surface area contributed by atoms with Crippen LogP contribution in [0.5, 0.6) is 0 Å². The van der Waals surface area contributed by atoms with Gasteiger partial charge in [-0.3, -0.25) is 0 Å². The molecular weight excluding hydrogens is 256 g/mol. The molecule has 1 atom stereocenters. The van der Waals surface area contributed by atoms with E-state index in [1.165, 1.54) is 13.5 Å². The lowest BCUT2D eigenvalue weighted by Crippen LogP contribution is -2.20. The smallest absolute Gasteiger partial charge is 0.337 e. The van der Waals surface area contributed by atoms with Crippen LogP contribution in [0.25, 0.3) is 5.52 Å². The fourth-order valence-corrected chi connectivity index (χ4v) is 2.68. The van der Waals surface area contributed by atoms with Crippen molar-refractivity contribution < 1.29 is 14.3 Å². The Balaban J connectivity index is 1.84. The molecule has 2 aromatic heterocycles. The van der Waals surface area contributed by atoms with E-state index in [1.807, 2.05) is 10.6 Å². The minimum absolute atomic E-state index is 0.323. The van der Waals surface area contributed by atoms with Gasteiger partial charge in [-0.05, 0) is 30.9 Å². The fraction of sp³-hybridized carbons (Fsp3) is 0.467. The van der Waals surface area contributed by atoms with Crippen LogP contribution in [0, 0.1) is 5.92 Å². The number of aromatic nitrogens is 2. The third kappa shape index (κ3) is 2.54. The van der Waals surface area contributed by atoms with Gasteiger partial charge >= 0.3 is 5.97 Å². The van der Waals surface area contributed by atoms with Crippen LogP contribution in [0.15, 0.2) is 24.5 Å². The van der Waals surface area contributed by atoms with Gasteiger partial charge < -0.3 is 13.9 Å². The first-order valence-electron chi connectivity index (χ1n) is 6.90. The van der Waals surface area contributed by atoms with Crippen LogP contribution in [0.1, 0.15) is 29.0 Å². The van der Waals surface area contributed by atoms with Gasteiger partial charge in [0, 0.05) is 25.8 Å². The average Bonchev–Trinajstić information content (AvgIpc) is 2.90. The maximum atomic E-state index is 11.5. The third-order valence-electron chi connectivity index (χ3n) is 3.76. The molecule has 1 saturated heterocycles. The van der Waals surface area contributed by atoms with E-state index in [-0.39, 0.29) is 5.97 Å². The number of fused-ring (bicyclic) bond motifs is 1. The number of carbonyl (C=O) groups excluding carboxylic acids is 1. The van der Waals surface area contributed by atoms with Crippen molar-refractivity contribution in [1.82, 2.24) is 9.38 Å². The van der Waals surface area contributed by atoms with Crippen LogP contribution in [0.3, 0.4) is 0 Å². The molecule has 0 saturated carbocycles. The van der Waals surface area contributed by atoms with Crippen molar-refractivity contribution >= 4 is 11.5 Å². The van der Waals surface area contributed by atoms with Gasteiger partial charge in [0.25, 0.3) is 0 Å². The maximum Gasteiger partial charge on any atom is 0.337 e. The second kappa shape index (κ2) is 5.63. The van der Waals surface area contributed by atoms with Crippen LogP contribution < -0.4 is 0 Å². The predicted octanol–water partition coefficient (Wildman–Crippen LogP) is 2.09. The largest absolute Gasteiger partial charge is 0.465 e. The van der Waals surface area contributed by atoms with E-state index in [9.17, 15) is 4.79 Å². The lowest BCUT2D eigenvalue weighted by molar-refractivity contribution is 0.0542. The number of pyridine rings is 1. The summed E-state index contributed by atoms with van der Waals surface area (Å²) in [5.74, 6) is 1.23. The number of hydrogen-bond acceptors (Lipinski definition) is 4. The summed E-state index contributed by atoms with van der Waals surface area (Å²) in [5.41, 5.74) is 1.46. The summed E-state index contributed by atoms with van der Waals surface area (Å²) in [4.78, 5) is 16.0. The van der Waals surface area contributed by atoms with Crippen molar-refractivity contribution in [3.8, 4) is 0 Å². The molecule has 0 radical (unpaired) electrons. The molecule has 2 aromatic rings. The summed E-state index contributed by atoms with van der Waals surface area (Å²) in [7, 11) is 1.39. The molecular formula is C15H18N2O3. The van der Waals surface area contributed by atoms with Crippen molar-refractivity contribution in [2.75, 3.05) is 20.3 Å². The second-order valence-corrected chi connectivity index (χ2v) is 5.16. The van der Waals surface area contributed by atoms with Gasteiger partial charge in [0.2, 0.25) is 0 Å². The van der Waals surface area contributed by atoms with E-state index < -0.39 is 0 Å². The Labute approximate surface area is 117 Å². The molecule has 1 unspecified atom stereocenters. The molecule has 1 fully saturated rings. The molecule has 3 heterocycles. The standard InChI is InChI=1S/C15H18N2O3/c1-19-15(18)12-4-5-17-13(8-12)9-16-14(17)7-11-3-2-6-20-10-11/h4-5,8-9,11H,2-3,6-7,10H2,1H3. The number of rotatable bonds is 3. The number of esters is 1. The topological polar surface area (TPSA) is 52.8 Å². The van der Waals surface area contributed by atoms with Crippen molar-refractivity contribution in [1.29, 1.82) is 0 Å². The predicted molar refractivity (Wildman–Crippen MR) is 73.8 cm³/mol. The number of carbonyl (C=O) groups is 1.